The normalized spacial score (nSPS) is 11.1. The number of hydrogen-bond acceptors (Lipinski definition) is 3. The average Bonchev–Trinajstić information content (AvgIpc) is 3.15. The molecular formula is C43H29N3Se. The molecular weight excluding hydrogens is 637 g/mol. The molecule has 0 radical (unpaired) electrons. The quantitative estimate of drug-likeness (QED) is 0.166. The Balaban J connectivity index is 1.21. The van der Waals surface area contributed by atoms with Gasteiger partial charge in [0.1, 0.15) is 0 Å². The molecule has 0 N–H and O–H groups in total. The fourth-order valence-corrected chi connectivity index (χ4v) is 6.77. The second kappa shape index (κ2) is 12.6. The van der Waals surface area contributed by atoms with Crippen molar-refractivity contribution in [1.82, 2.24) is 15.0 Å². The van der Waals surface area contributed by atoms with Gasteiger partial charge in [-0.15, -0.1) is 0 Å². The van der Waals surface area contributed by atoms with Crippen molar-refractivity contribution in [1.29, 1.82) is 0 Å². The zero-order valence-corrected chi connectivity index (χ0v) is 27.3. The molecule has 0 amide bonds. The van der Waals surface area contributed by atoms with Crippen molar-refractivity contribution < 1.29 is 0 Å². The third-order valence-electron chi connectivity index (χ3n) is 8.45. The second-order valence-corrected chi connectivity index (χ2v) is 12.4. The number of nitrogens with zero attached hydrogens (tertiary/aromatic N) is 3. The van der Waals surface area contributed by atoms with Gasteiger partial charge < -0.3 is 0 Å². The van der Waals surface area contributed by atoms with Gasteiger partial charge >= 0.3 is 278 Å². The molecule has 4 heteroatoms. The van der Waals surface area contributed by atoms with Gasteiger partial charge in [-0.2, -0.15) is 0 Å². The summed E-state index contributed by atoms with van der Waals surface area (Å²) >= 11 is 2.76. The van der Waals surface area contributed by atoms with Crippen molar-refractivity contribution in [2.75, 3.05) is 0 Å². The van der Waals surface area contributed by atoms with Crippen LogP contribution in [-0.2, 0) is 0 Å². The number of hydrogen-bond donors (Lipinski definition) is 0. The number of rotatable bonds is 6. The summed E-state index contributed by atoms with van der Waals surface area (Å²) in [7, 11) is 0. The molecule has 8 aromatic rings. The van der Waals surface area contributed by atoms with Crippen LogP contribution in [-0.4, -0.2) is 31.0 Å². The Hall–Kier alpha value is -5.67. The second-order valence-electron chi connectivity index (χ2n) is 11.5. The van der Waals surface area contributed by atoms with Crippen LogP contribution in [0, 0.1) is 0 Å². The molecule has 0 saturated heterocycles. The topological polar surface area (TPSA) is 38.7 Å². The molecule has 222 valence electrons. The van der Waals surface area contributed by atoms with Crippen molar-refractivity contribution in [2.45, 2.75) is 0 Å². The Labute approximate surface area is 282 Å². The summed E-state index contributed by atoms with van der Waals surface area (Å²) in [4.78, 5) is 15.0. The maximum absolute atomic E-state index is 5.06. The van der Waals surface area contributed by atoms with Crippen molar-refractivity contribution in [3.8, 4) is 67.5 Å². The van der Waals surface area contributed by atoms with Gasteiger partial charge in [-0.05, 0) is 0 Å². The molecule has 3 nitrogen and oxygen atoms in total. The summed E-state index contributed by atoms with van der Waals surface area (Å²) in [5, 5.41) is 2.48. The minimum atomic E-state index is 0.643. The van der Waals surface area contributed by atoms with Gasteiger partial charge in [-0.1, -0.05) is 6.07 Å². The first-order chi connectivity index (χ1) is 23.2. The Morgan fingerprint density at radius 2 is 0.766 bits per heavy atom. The van der Waals surface area contributed by atoms with E-state index in [0.717, 1.165) is 37.8 Å². The summed E-state index contributed by atoms with van der Waals surface area (Å²) in [6.45, 7) is 0. The number of benzene rings is 7. The van der Waals surface area contributed by atoms with E-state index in [4.69, 9.17) is 15.0 Å². The van der Waals surface area contributed by atoms with Gasteiger partial charge in [-0.3, -0.25) is 0 Å². The molecule has 0 unspecified atom stereocenters. The van der Waals surface area contributed by atoms with E-state index in [0.29, 0.717) is 17.5 Å². The summed E-state index contributed by atoms with van der Waals surface area (Å²) in [6.07, 6.45) is 0. The van der Waals surface area contributed by atoms with E-state index in [2.05, 4.69) is 149 Å². The van der Waals surface area contributed by atoms with E-state index in [1.807, 2.05) is 36.4 Å². The van der Waals surface area contributed by atoms with Crippen molar-refractivity contribution >= 4 is 31.2 Å². The Bertz CT molecular complexity index is 2350. The van der Waals surface area contributed by atoms with E-state index in [1.165, 1.54) is 27.5 Å². The van der Waals surface area contributed by atoms with Crippen LogP contribution in [0.15, 0.2) is 170 Å². The zero-order valence-electron chi connectivity index (χ0n) is 25.5. The van der Waals surface area contributed by atoms with Crippen LogP contribution in [0.25, 0.3) is 78.3 Å². The summed E-state index contributed by atoms with van der Waals surface area (Å²) in [5.41, 5.74) is 9.82. The van der Waals surface area contributed by atoms with Gasteiger partial charge in [0.15, 0.2) is 0 Å². The van der Waals surface area contributed by atoms with Gasteiger partial charge in [0, 0.05) is 0 Å². The molecule has 47 heavy (non-hydrogen) atoms. The molecule has 0 spiro atoms. The molecule has 0 bridgehead atoms. The van der Waals surface area contributed by atoms with Gasteiger partial charge in [0.25, 0.3) is 0 Å². The molecule has 1 heterocycles. The van der Waals surface area contributed by atoms with Crippen molar-refractivity contribution in [2.24, 2.45) is 0 Å². The zero-order chi connectivity index (χ0) is 31.6. The summed E-state index contributed by atoms with van der Waals surface area (Å²) in [6, 6.07) is 59.2. The molecule has 0 fully saturated rings. The average molecular weight is 667 g/mol. The third kappa shape index (κ3) is 5.89. The molecule has 0 aliphatic rings. The van der Waals surface area contributed by atoms with Gasteiger partial charge in [-0.25, -0.2) is 0 Å². The molecule has 0 aliphatic carbocycles. The molecule has 7 aromatic carbocycles. The predicted molar refractivity (Wildman–Crippen MR) is 197 cm³/mol. The van der Waals surface area contributed by atoms with Crippen molar-refractivity contribution in [3.05, 3.63) is 170 Å². The Morgan fingerprint density at radius 1 is 0.298 bits per heavy atom. The van der Waals surface area contributed by atoms with E-state index in [-0.39, 0.29) is 0 Å². The van der Waals surface area contributed by atoms with Gasteiger partial charge in [0.2, 0.25) is 0 Å². The molecule has 8 rings (SSSR count). The van der Waals surface area contributed by atoms with Crippen LogP contribution < -0.4 is 4.46 Å². The fraction of sp³-hybridized carbons (Fsp3) is 0. The first-order valence-electron chi connectivity index (χ1n) is 15.6. The molecule has 0 aliphatic heterocycles. The van der Waals surface area contributed by atoms with Crippen LogP contribution in [0.5, 0.6) is 0 Å². The monoisotopic (exact) mass is 667 g/mol. The SMILES string of the molecule is [SeH]c1c(-c2cccc(-c3ccc4ccccc4c3)c2)cccc1-c1nc(-c2ccccc2)nc(-c2ccc(-c3ccccc3)cc2)n1. The summed E-state index contributed by atoms with van der Waals surface area (Å²) < 4.78 is 1.06. The predicted octanol–water partition coefficient (Wildman–Crippen LogP) is 9.55. The third-order valence-corrected chi connectivity index (χ3v) is 9.46. The first-order valence-corrected chi connectivity index (χ1v) is 16.5. The number of fused-ring (bicyclic) bond motifs is 1. The number of aromatic nitrogens is 3. The van der Waals surface area contributed by atoms with E-state index >= 15 is 0 Å². The Kier molecular flexibility index (Phi) is 7.72. The van der Waals surface area contributed by atoms with E-state index in [9.17, 15) is 0 Å². The maximum atomic E-state index is 5.06. The molecule has 1 aromatic heterocycles. The van der Waals surface area contributed by atoms with Crippen LogP contribution in [0.2, 0.25) is 0 Å². The van der Waals surface area contributed by atoms with Crippen LogP contribution >= 0.6 is 0 Å². The van der Waals surface area contributed by atoms with Crippen molar-refractivity contribution in [3.63, 3.8) is 0 Å². The van der Waals surface area contributed by atoms with Crippen LogP contribution in [0.4, 0.5) is 0 Å². The standard InChI is InChI=1S/C43H29N3Se/c47-40-38(37-18-9-17-35(28-37)36-26-23-30-13-7-8-16-34(30)27-36)19-10-20-39(40)43-45-41(32-14-5-2-6-15-32)44-42(46-43)33-24-21-31(22-25-33)29-11-3-1-4-12-29/h1-28,47H. The van der Waals surface area contributed by atoms with Crippen LogP contribution in [0.1, 0.15) is 0 Å². The first kappa shape index (κ1) is 28.8. The van der Waals surface area contributed by atoms with E-state index in [1.54, 1.807) is 0 Å². The molecule has 0 saturated carbocycles. The van der Waals surface area contributed by atoms with Crippen LogP contribution in [0.3, 0.4) is 0 Å². The summed E-state index contributed by atoms with van der Waals surface area (Å²) in [5.74, 6) is 1.93. The molecule has 0 atom stereocenters. The Morgan fingerprint density at radius 3 is 1.51 bits per heavy atom. The fourth-order valence-electron chi connectivity index (χ4n) is 5.98. The van der Waals surface area contributed by atoms with E-state index < -0.39 is 0 Å². The minimum absolute atomic E-state index is 0.643. The van der Waals surface area contributed by atoms with Gasteiger partial charge in [0.05, 0.1) is 0 Å².